The second kappa shape index (κ2) is 5.98. The molecule has 0 bridgehead atoms. The van der Waals surface area contributed by atoms with Gasteiger partial charge in [0.2, 0.25) is 5.91 Å². The van der Waals surface area contributed by atoms with Crippen molar-refractivity contribution in [3.05, 3.63) is 0 Å². The average molecular weight is 202 g/mol. The summed E-state index contributed by atoms with van der Waals surface area (Å²) < 4.78 is 0. The van der Waals surface area contributed by atoms with Crippen LogP contribution in [0.1, 0.15) is 27.7 Å². The van der Waals surface area contributed by atoms with Crippen LogP contribution in [0.25, 0.3) is 0 Å². The normalized spacial score (nSPS) is 18.9. The number of β-amino-alcohol motifs (C(OH)–C–C–N with tert-alkyl or cyclic N) is 1. The van der Waals surface area contributed by atoms with Gasteiger partial charge in [0.25, 0.3) is 0 Å². The second-order valence-electron chi connectivity index (χ2n) is 3.44. The third-order valence-corrected chi connectivity index (χ3v) is 2.15. The quantitative estimate of drug-likeness (QED) is 0.688. The Morgan fingerprint density at radius 3 is 2.36 bits per heavy atom. The molecule has 1 amide bonds. The van der Waals surface area contributed by atoms with Gasteiger partial charge in [0.15, 0.2) is 0 Å². The molecule has 0 aliphatic carbocycles. The van der Waals surface area contributed by atoms with E-state index in [-0.39, 0.29) is 5.91 Å². The molecule has 0 spiro atoms. The highest BCUT2D eigenvalue weighted by atomic mass is 16.3. The third-order valence-electron chi connectivity index (χ3n) is 2.15. The van der Waals surface area contributed by atoms with E-state index in [1.54, 1.807) is 0 Å². The Balaban J connectivity index is 0.000000791. The highest BCUT2D eigenvalue weighted by molar-refractivity contribution is 5.72. The Kier molecular flexibility index (Phi) is 5.72. The largest absolute Gasteiger partial charge is 0.385 e. The van der Waals surface area contributed by atoms with Crippen LogP contribution in [-0.4, -0.2) is 47.7 Å². The van der Waals surface area contributed by atoms with E-state index in [0.717, 1.165) is 6.54 Å². The molecule has 1 aliphatic rings. The van der Waals surface area contributed by atoms with Crippen LogP contribution in [0.5, 0.6) is 0 Å². The van der Waals surface area contributed by atoms with E-state index in [2.05, 4.69) is 17.1 Å². The molecule has 4 nitrogen and oxygen atoms in total. The Bertz CT molecular complexity index is 177. The predicted molar refractivity (Wildman–Crippen MR) is 57.1 cm³/mol. The first-order valence-corrected chi connectivity index (χ1v) is 5.25. The summed E-state index contributed by atoms with van der Waals surface area (Å²) in [5.74, 6) is -0.0848. The topological polar surface area (TPSA) is 52.6 Å². The molecule has 4 heteroatoms. The molecular weight excluding hydrogens is 180 g/mol. The van der Waals surface area contributed by atoms with Crippen LogP contribution < -0.4 is 5.32 Å². The van der Waals surface area contributed by atoms with Crippen LogP contribution in [0.4, 0.5) is 0 Å². The Morgan fingerprint density at radius 1 is 1.50 bits per heavy atom. The van der Waals surface area contributed by atoms with Crippen LogP contribution in [0.15, 0.2) is 0 Å². The molecular formula is C10H22N2O2. The van der Waals surface area contributed by atoms with Crippen LogP contribution in [0, 0.1) is 0 Å². The first kappa shape index (κ1) is 13.4. The summed E-state index contributed by atoms with van der Waals surface area (Å²) in [5, 5.41) is 12.3. The molecule has 84 valence electrons. The number of amides is 1. The summed E-state index contributed by atoms with van der Waals surface area (Å²) in [6.07, 6.45) is 0. The molecule has 2 N–H and O–H groups in total. The number of carbonyl (C=O) groups is 1. The van der Waals surface area contributed by atoms with Crippen LogP contribution in [0.2, 0.25) is 0 Å². The molecule has 0 saturated carbocycles. The number of nitrogens with zero attached hydrogens (tertiary/aromatic N) is 1. The van der Waals surface area contributed by atoms with Crippen molar-refractivity contribution in [1.82, 2.24) is 10.2 Å². The maximum atomic E-state index is 10.5. The summed E-state index contributed by atoms with van der Waals surface area (Å²) in [6, 6.07) is 0. The SMILES string of the molecule is CC.CCN1CC(O)(CNC(C)=O)C1. The smallest absolute Gasteiger partial charge is 0.216 e. The summed E-state index contributed by atoms with van der Waals surface area (Å²) in [5.41, 5.74) is -0.679. The first-order valence-electron chi connectivity index (χ1n) is 5.25. The van der Waals surface area contributed by atoms with Crippen molar-refractivity contribution >= 4 is 5.91 Å². The molecule has 1 rings (SSSR count). The standard InChI is InChI=1S/C8H16N2O2.C2H6/c1-3-10-5-8(12,6-10)4-9-7(2)11;1-2/h12H,3-6H2,1-2H3,(H,9,11);1-2H3. The molecule has 0 unspecified atom stereocenters. The van der Waals surface area contributed by atoms with E-state index in [9.17, 15) is 9.90 Å². The van der Waals surface area contributed by atoms with Gasteiger partial charge in [-0.05, 0) is 6.54 Å². The lowest BCUT2D eigenvalue weighted by molar-refractivity contribution is -0.124. The molecule has 0 atom stereocenters. The van der Waals surface area contributed by atoms with E-state index >= 15 is 0 Å². The van der Waals surface area contributed by atoms with Crippen molar-refractivity contribution < 1.29 is 9.90 Å². The van der Waals surface area contributed by atoms with E-state index in [0.29, 0.717) is 19.6 Å². The lowest BCUT2D eigenvalue weighted by Crippen LogP contribution is -2.65. The molecule has 0 aromatic carbocycles. The van der Waals surface area contributed by atoms with E-state index in [4.69, 9.17) is 0 Å². The van der Waals surface area contributed by atoms with E-state index in [1.165, 1.54) is 6.92 Å². The minimum atomic E-state index is -0.679. The number of likely N-dealkylation sites (tertiary alicyclic amines) is 1. The molecule has 0 radical (unpaired) electrons. The minimum absolute atomic E-state index is 0.0848. The number of hydrogen-bond donors (Lipinski definition) is 2. The van der Waals surface area contributed by atoms with E-state index < -0.39 is 5.60 Å². The molecule has 14 heavy (non-hydrogen) atoms. The zero-order valence-electron chi connectivity index (χ0n) is 9.63. The lowest BCUT2D eigenvalue weighted by Gasteiger charge is -2.46. The molecule has 0 aromatic rings. The van der Waals surface area contributed by atoms with E-state index in [1.807, 2.05) is 13.8 Å². The number of likely N-dealkylation sites (N-methyl/N-ethyl adjacent to an activating group) is 1. The molecule has 0 aromatic heterocycles. The van der Waals surface area contributed by atoms with Crippen molar-refractivity contribution in [3.63, 3.8) is 0 Å². The number of carbonyl (C=O) groups excluding carboxylic acids is 1. The van der Waals surface area contributed by atoms with Gasteiger partial charge in [0.05, 0.1) is 0 Å². The predicted octanol–water partition coefficient (Wildman–Crippen LogP) is 0.215. The van der Waals surface area contributed by atoms with Crippen molar-refractivity contribution in [2.75, 3.05) is 26.2 Å². The zero-order chi connectivity index (χ0) is 11.2. The van der Waals surface area contributed by atoms with Crippen LogP contribution in [-0.2, 0) is 4.79 Å². The van der Waals surface area contributed by atoms with Crippen LogP contribution in [0.3, 0.4) is 0 Å². The maximum absolute atomic E-state index is 10.5. The van der Waals surface area contributed by atoms with Gasteiger partial charge in [-0.3, -0.25) is 9.69 Å². The van der Waals surface area contributed by atoms with Crippen molar-refractivity contribution in [2.24, 2.45) is 0 Å². The maximum Gasteiger partial charge on any atom is 0.216 e. The summed E-state index contributed by atoms with van der Waals surface area (Å²) in [4.78, 5) is 12.7. The van der Waals surface area contributed by atoms with Crippen molar-refractivity contribution in [3.8, 4) is 0 Å². The average Bonchev–Trinajstić information content (AvgIpc) is 2.13. The van der Waals surface area contributed by atoms with Gasteiger partial charge in [-0.15, -0.1) is 0 Å². The van der Waals surface area contributed by atoms with Gasteiger partial charge < -0.3 is 10.4 Å². The Morgan fingerprint density at radius 2 is 2.00 bits per heavy atom. The zero-order valence-corrected chi connectivity index (χ0v) is 9.63. The number of hydrogen-bond acceptors (Lipinski definition) is 3. The fraction of sp³-hybridized carbons (Fsp3) is 0.900. The van der Waals surface area contributed by atoms with Gasteiger partial charge in [0.1, 0.15) is 5.60 Å². The van der Waals surface area contributed by atoms with Crippen molar-refractivity contribution in [2.45, 2.75) is 33.3 Å². The second-order valence-corrected chi connectivity index (χ2v) is 3.44. The highest BCUT2D eigenvalue weighted by Crippen LogP contribution is 2.18. The van der Waals surface area contributed by atoms with Gasteiger partial charge in [-0.2, -0.15) is 0 Å². The first-order chi connectivity index (χ1) is 6.56. The number of aliphatic hydroxyl groups is 1. The molecule has 1 heterocycles. The molecule has 1 saturated heterocycles. The summed E-state index contributed by atoms with van der Waals surface area (Å²) in [7, 11) is 0. The minimum Gasteiger partial charge on any atom is -0.385 e. The fourth-order valence-corrected chi connectivity index (χ4v) is 1.41. The van der Waals surface area contributed by atoms with Gasteiger partial charge in [-0.25, -0.2) is 0 Å². The molecule has 1 aliphatic heterocycles. The molecule has 1 fully saturated rings. The van der Waals surface area contributed by atoms with Crippen LogP contribution >= 0.6 is 0 Å². The highest BCUT2D eigenvalue weighted by Gasteiger charge is 2.39. The Hall–Kier alpha value is -0.610. The number of nitrogens with one attached hydrogen (secondary N) is 1. The van der Waals surface area contributed by atoms with Gasteiger partial charge >= 0.3 is 0 Å². The monoisotopic (exact) mass is 202 g/mol. The third kappa shape index (κ3) is 4.07. The lowest BCUT2D eigenvalue weighted by atomic mass is 9.94. The summed E-state index contributed by atoms with van der Waals surface area (Å²) in [6.45, 7) is 10.2. The Labute approximate surface area is 86.3 Å². The van der Waals surface area contributed by atoms with Crippen molar-refractivity contribution in [1.29, 1.82) is 0 Å². The van der Waals surface area contributed by atoms with Gasteiger partial charge in [0, 0.05) is 26.6 Å². The van der Waals surface area contributed by atoms with Gasteiger partial charge in [-0.1, -0.05) is 20.8 Å². The fourth-order valence-electron chi connectivity index (χ4n) is 1.41. The summed E-state index contributed by atoms with van der Waals surface area (Å²) >= 11 is 0. The number of rotatable bonds is 3.